The summed E-state index contributed by atoms with van der Waals surface area (Å²) in [5.74, 6) is 0.839. The Kier molecular flexibility index (Phi) is 5.47. The number of fused-ring (bicyclic) bond motifs is 6. The summed E-state index contributed by atoms with van der Waals surface area (Å²) in [6.45, 7) is 0. The number of pyridine rings is 2. The largest absolute Gasteiger partial charge is 0.294 e. The molecule has 206 valence electrons. The SMILES string of the molecule is c1ccc(-c2cc(-c3ccccc3)nc(-n3c4ccccc4c4cc5c6ccccc6n(-c6ccccc6)c5nc43)c2)cc1. The zero-order chi connectivity index (χ0) is 29.0. The first-order valence-corrected chi connectivity index (χ1v) is 14.9. The molecule has 4 aromatic heterocycles. The Balaban J connectivity index is 1.41. The summed E-state index contributed by atoms with van der Waals surface area (Å²) in [6.07, 6.45) is 0. The molecule has 0 amide bonds. The molecular formula is C40H26N4. The number of nitrogens with zero attached hydrogens (tertiary/aromatic N) is 4. The highest BCUT2D eigenvalue weighted by molar-refractivity contribution is 6.16. The minimum atomic E-state index is 0.839. The van der Waals surface area contributed by atoms with Crippen LogP contribution < -0.4 is 0 Å². The summed E-state index contributed by atoms with van der Waals surface area (Å²) in [5.41, 5.74) is 9.37. The van der Waals surface area contributed by atoms with Gasteiger partial charge in [0.25, 0.3) is 0 Å². The van der Waals surface area contributed by atoms with Crippen molar-refractivity contribution in [2.45, 2.75) is 0 Å². The minimum absolute atomic E-state index is 0.839. The van der Waals surface area contributed by atoms with E-state index in [-0.39, 0.29) is 0 Å². The van der Waals surface area contributed by atoms with Crippen molar-refractivity contribution in [2.24, 2.45) is 0 Å². The zero-order valence-electron chi connectivity index (χ0n) is 23.8. The zero-order valence-corrected chi connectivity index (χ0v) is 23.8. The fourth-order valence-electron chi connectivity index (χ4n) is 6.51. The lowest BCUT2D eigenvalue weighted by atomic mass is 10.0. The van der Waals surface area contributed by atoms with Gasteiger partial charge in [-0.2, -0.15) is 0 Å². The Hall–Kier alpha value is -6.00. The predicted molar refractivity (Wildman–Crippen MR) is 182 cm³/mol. The molecule has 9 aromatic rings. The Bertz CT molecular complexity index is 2420. The smallest absolute Gasteiger partial charge is 0.149 e. The lowest BCUT2D eigenvalue weighted by Crippen LogP contribution is -2.02. The van der Waals surface area contributed by atoms with Crippen molar-refractivity contribution < 1.29 is 0 Å². The molecule has 0 saturated carbocycles. The van der Waals surface area contributed by atoms with E-state index >= 15 is 0 Å². The molecule has 0 saturated heterocycles. The molecule has 5 aromatic carbocycles. The summed E-state index contributed by atoms with van der Waals surface area (Å²) >= 11 is 0. The number of para-hydroxylation sites is 3. The van der Waals surface area contributed by atoms with Crippen molar-refractivity contribution >= 4 is 43.9 Å². The molecular weight excluding hydrogens is 536 g/mol. The molecule has 44 heavy (non-hydrogen) atoms. The third kappa shape index (κ3) is 3.78. The van der Waals surface area contributed by atoms with Gasteiger partial charge in [0.2, 0.25) is 0 Å². The number of hydrogen-bond donors (Lipinski definition) is 0. The monoisotopic (exact) mass is 562 g/mol. The maximum absolute atomic E-state index is 5.50. The van der Waals surface area contributed by atoms with Crippen LogP contribution in [0.1, 0.15) is 0 Å². The first-order chi connectivity index (χ1) is 21.8. The van der Waals surface area contributed by atoms with Crippen LogP contribution in [0.15, 0.2) is 158 Å². The van der Waals surface area contributed by atoms with Gasteiger partial charge in [0.1, 0.15) is 17.1 Å². The summed E-state index contributed by atoms with van der Waals surface area (Å²) in [6, 6.07) is 55.2. The van der Waals surface area contributed by atoms with Crippen LogP contribution in [0.25, 0.3) is 77.8 Å². The molecule has 9 rings (SSSR count). The van der Waals surface area contributed by atoms with Gasteiger partial charge in [-0.1, -0.05) is 115 Å². The molecule has 0 radical (unpaired) electrons. The summed E-state index contributed by atoms with van der Waals surface area (Å²) < 4.78 is 4.51. The molecule has 0 atom stereocenters. The van der Waals surface area contributed by atoms with Gasteiger partial charge in [-0.3, -0.25) is 9.13 Å². The Morgan fingerprint density at radius 1 is 0.364 bits per heavy atom. The Labute approximate surface area is 254 Å². The molecule has 0 aliphatic carbocycles. The minimum Gasteiger partial charge on any atom is -0.294 e. The van der Waals surface area contributed by atoms with E-state index in [0.717, 1.165) is 72.4 Å². The summed E-state index contributed by atoms with van der Waals surface area (Å²) in [5, 5.41) is 4.59. The van der Waals surface area contributed by atoms with Gasteiger partial charge < -0.3 is 0 Å². The second kappa shape index (κ2) is 9.79. The fraction of sp³-hybridized carbons (Fsp3) is 0. The molecule has 0 aliphatic rings. The highest BCUT2D eigenvalue weighted by Crippen LogP contribution is 2.38. The molecule has 4 nitrogen and oxygen atoms in total. The normalized spacial score (nSPS) is 11.6. The van der Waals surface area contributed by atoms with E-state index in [2.05, 4.69) is 161 Å². The van der Waals surface area contributed by atoms with Crippen molar-refractivity contribution in [3.05, 3.63) is 158 Å². The average molecular weight is 563 g/mol. The van der Waals surface area contributed by atoms with Gasteiger partial charge in [0.05, 0.1) is 16.7 Å². The molecule has 4 heterocycles. The first kappa shape index (κ1) is 24.6. The second-order valence-electron chi connectivity index (χ2n) is 11.1. The molecule has 0 aliphatic heterocycles. The maximum Gasteiger partial charge on any atom is 0.149 e. The number of benzene rings is 5. The average Bonchev–Trinajstić information content (AvgIpc) is 3.60. The van der Waals surface area contributed by atoms with Crippen LogP contribution in [0.4, 0.5) is 0 Å². The molecule has 4 heteroatoms. The highest BCUT2D eigenvalue weighted by atomic mass is 15.1. The van der Waals surface area contributed by atoms with Gasteiger partial charge in [-0.15, -0.1) is 0 Å². The van der Waals surface area contributed by atoms with E-state index in [1.54, 1.807) is 0 Å². The van der Waals surface area contributed by atoms with Crippen LogP contribution in [0.3, 0.4) is 0 Å². The van der Waals surface area contributed by atoms with E-state index in [9.17, 15) is 0 Å². The summed E-state index contributed by atoms with van der Waals surface area (Å²) in [4.78, 5) is 10.8. The fourth-order valence-corrected chi connectivity index (χ4v) is 6.51. The van der Waals surface area contributed by atoms with E-state index in [0.29, 0.717) is 0 Å². The first-order valence-electron chi connectivity index (χ1n) is 14.9. The quantitative estimate of drug-likeness (QED) is 0.214. The van der Waals surface area contributed by atoms with Gasteiger partial charge in [-0.05, 0) is 53.6 Å². The number of hydrogen-bond acceptors (Lipinski definition) is 2. The van der Waals surface area contributed by atoms with E-state index < -0.39 is 0 Å². The Morgan fingerprint density at radius 3 is 1.55 bits per heavy atom. The van der Waals surface area contributed by atoms with Crippen LogP contribution in [-0.4, -0.2) is 19.1 Å². The lowest BCUT2D eigenvalue weighted by molar-refractivity contribution is 1.06. The highest BCUT2D eigenvalue weighted by Gasteiger charge is 2.20. The Morgan fingerprint density at radius 2 is 0.886 bits per heavy atom. The van der Waals surface area contributed by atoms with Crippen LogP contribution in [-0.2, 0) is 0 Å². The van der Waals surface area contributed by atoms with Gasteiger partial charge >= 0.3 is 0 Å². The van der Waals surface area contributed by atoms with Crippen LogP contribution >= 0.6 is 0 Å². The third-order valence-electron chi connectivity index (χ3n) is 8.51. The lowest BCUT2D eigenvalue weighted by Gasteiger charge is -2.13. The van der Waals surface area contributed by atoms with Gasteiger partial charge in [-0.25, -0.2) is 9.97 Å². The van der Waals surface area contributed by atoms with Crippen molar-refractivity contribution in [1.29, 1.82) is 0 Å². The maximum atomic E-state index is 5.50. The van der Waals surface area contributed by atoms with E-state index in [4.69, 9.17) is 9.97 Å². The van der Waals surface area contributed by atoms with Gasteiger partial charge in [0, 0.05) is 32.8 Å². The van der Waals surface area contributed by atoms with Gasteiger partial charge in [0.15, 0.2) is 0 Å². The second-order valence-corrected chi connectivity index (χ2v) is 11.1. The van der Waals surface area contributed by atoms with E-state index in [1.807, 2.05) is 6.07 Å². The van der Waals surface area contributed by atoms with Crippen molar-refractivity contribution in [3.8, 4) is 33.9 Å². The van der Waals surface area contributed by atoms with Crippen LogP contribution in [0, 0.1) is 0 Å². The molecule has 0 bridgehead atoms. The standard InChI is InChI=1S/C40H26N4/c1-4-14-27(15-5-1)29-24-35(28-16-6-2-7-17-28)41-38(25-29)44-37-23-13-11-21-32(37)34-26-33-31-20-10-12-22-36(31)43(39(33)42-40(34)44)30-18-8-3-9-19-30/h1-26H. The van der Waals surface area contributed by atoms with Crippen molar-refractivity contribution in [2.75, 3.05) is 0 Å². The molecule has 0 unspecified atom stereocenters. The number of rotatable bonds is 4. The number of aromatic nitrogens is 4. The summed E-state index contributed by atoms with van der Waals surface area (Å²) in [7, 11) is 0. The molecule has 0 fully saturated rings. The van der Waals surface area contributed by atoms with Crippen molar-refractivity contribution in [3.63, 3.8) is 0 Å². The van der Waals surface area contributed by atoms with Crippen LogP contribution in [0.5, 0.6) is 0 Å². The topological polar surface area (TPSA) is 35.6 Å². The molecule has 0 spiro atoms. The van der Waals surface area contributed by atoms with Crippen molar-refractivity contribution in [1.82, 2.24) is 19.1 Å². The van der Waals surface area contributed by atoms with Crippen LogP contribution in [0.2, 0.25) is 0 Å². The third-order valence-corrected chi connectivity index (χ3v) is 8.51. The predicted octanol–water partition coefficient (Wildman–Crippen LogP) is 10.0. The van der Waals surface area contributed by atoms with E-state index in [1.165, 1.54) is 5.39 Å². The molecule has 0 N–H and O–H groups in total.